The molecule has 0 spiro atoms. The summed E-state index contributed by atoms with van der Waals surface area (Å²) in [5, 5.41) is 14.8. The lowest BCUT2D eigenvalue weighted by Gasteiger charge is -2.13. The van der Waals surface area contributed by atoms with Crippen LogP contribution in [0.2, 0.25) is 0 Å². The first-order chi connectivity index (χ1) is 14.4. The fourth-order valence-electron chi connectivity index (χ4n) is 3.29. The highest BCUT2D eigenvalue weighted by atomic mass is 16.3. The molecule has 1 fully saturated rings. The second-order valence-corrected chi connectivity index (χ2v) is 7.08. The van der Waals surface area contributed by atoms with Crippen LogP contribution in [0, 0.1) is 11.8 Å². The number of aliphatic hydroxyl groups is 1. The van der Waals surface area contributed by atoms with Crippen molar-refractivity contribution in [2.45, 2.75) is 12.0 Å². The van der Waals surface area contributed by atoms with E-state index in [2.05, 4.69) is 21.9 Å². The van der Waals surface area contributed by atoms with Crippen LogP contribution < -0.4 is 5.73 Å². The van der Waals surface area contributed by atoms with E-state index in [1.54, 1.807) is 56.0 Å². The number of pyridine rings is 1. The number of hydrogen-bond donors (Lipinski definition) is 2. The van der Waals surface area contributed by atoms with Crippen molar-refractivity contribution >= 4 is 11.8 Å². The van der Waals surface area contributed by atoms with Crippen molar-refractivity contribution in [3.8, 4) is 28.7 Å². The van der Waals surface area contributed by atoms with Crippen LogP contribution in [0.1, 0.15) is 22.5 Å². The zero-order valence-corrected chi connectivity index (χ0v) is 16.2. The van der Waals surface area contributed by atoms with Gasteiger partial charge in [-0.25, -0.2) is 4.68 Å². The van der Waals surface area contributed by atoms with E-state index in [-0.39, 0.29) is 12.1 Å². The molecule has 3 aromatic rings. The lowest BCUT2D eigenvalue weighted by atomic mass is 10.0. The number of likely N-dealkylation sites (N-methyl/N-ethyl adjacent to an activating group) is 1. The van der Waals surface area contributed by atoms with Gasteiger partial charge in [0.2, 0.25) is 5.60 Å². The molecule has 1 aliphatic rings. The van der Waals surface area contributed by atoms with Crippen molar-refractivity contribution in [2.75, 3.05) is 13.6 Å². The number of benzene rings is 1. The number of carbonyl (C=O) groups excluding carboxylic acids is 2. The van der Waals surface area contributed by atoms with Crippen molar-refractivity contribution in [3.05, 3.63) is 66.2 Å². The Hall–Kier alpha value is -3.96. The topological polar surface area (TPSA) is 114 Å². The van der Waals surface area contributed by atoms with E-state index in [0.29, 0.717) is 23.4 Å². The summed E-state index contributed by atoms with van der Waals surface area (Å²) in [6.45, 7) is 0.463. The molecule has 0 bridgehead atoms. The third kappa shape index (κ3) is 3.54. The second kappa shape index (κ2) is 7.46. The third-order valence-corrected chi connectivity index (χ3v) is 4.95. The zero-order chi connectivity index (χ0) is 21.3. The van der Waals surface area contributed by atoms with Crippen molar-refractivity contribution < 1.29 is 14.7 Å². The van der Waals surface area contributed by atoms with Gasteiger partial charge in [-0.3, -0.25) is 14.6 Å². The SMILES string of the molecule is CN1CC[C@@](O)(C#Cc2cccc(-n3cc(-c4cccnc4)c(C(N)=O)n3)c2)C1=O. The van der Waals surface area contributed by atoms with Crippen LogP contribution in [0.15, 0.2) is 55.0 Å². The van der Waals surface area contributed by atoms with E-state index >= 15 is 0 Å². The minimum Gasteiger partial charge on any atom is -0.369 e. The summed E-state index contributed by atoms with van der Waals surface area (Å²) < 4.78 is 1.54. The van der Waals surface area contributed by atoms with Crippen LogP contribution in [-0.2, 0) is 4.79 Å². The monoisotopic (exact) mass is 401 g/mol. The number of likely N-dealkylation sites (tertiary alicyclic amines) is 1. The zero-order valence-electron chi connectivity index (χ0n) is 16.2. The number of aromatic nitrogens is 3. The van der Waals surface area contributed by atoms with Gasteiger partial charge in [0.1, 0.15) is 0 Å². The third-order valence-electron chi connectivity index (χ3n) is 4.95. The molecule has 150 valence electrons. The van der Waals surface area contributed by atoms with E-state index in [1.165, 1.54) is 9.58 Å². The summed E-state index contributed by atoms with van der Waals surface area (Å²) in [4.78, 5) is 29.5. The summed E-state index contributed by atoms with van der Waals surface area (Å²) >= 11 is 0. The van der Waals surface area contributed by atoms with Crippen molar-refractivity contribution in [3.63, 3.8) is 0 Å². The Balaban J connectivity index is 1.70. The fourth-order valence-corrected chi connectivity index (χ4v) is 3.29. The van der Waals surface area contributed by atoms with Crippen molar-refractivity contribution in [1.82, 2.24) is 19.7 Å². The summed E-state index contributed by atoms with van der Waals surface area (Å²) in [6.07, 6.45) is 5.24. The molecule has 30 heavy (non-hydrogen) atoms. The second-order valence-electron chi connectivity index (χ2n) is 7.08. The maximum Gasteiger partial charge on any atom is 0.269 e. The first-order valence-corrected chi connectivity index (χ1v) is 9.29. The Kier molecular flexibility index (Phi) is 4.82. The highest BCUT2D eigenvalue weighted by Crippen LogP contribution is 2.24. The molecule has 0 saturated carbocycles. The molecule has 4 rings (SSSR count). The summed E-state index contributed by atoms with van der Waals surface area (Å²) in [7, 11) is 1.64. The summed E-state index contributed by atoms with van der Waals surface area (Å²) in [5.41, 5.74) is 6.52. The van der Waals surface area contributed by atoms with Crippen LogP contribution in [-0.4, -0.2) is 55.8 Å². The van der Waals surface area contributed by atoms with E-state index in [1.807, 2.05) is 6.07 Å². The van der Waals surface area contributed by atoms with Gasteiger partial charge in [-0.1, -0.05) is 24.0 Å². The van der Waals surface area contributed by atoms with Gasteiger partial charge >= 0.3 is 0 Å². The number of primary amides is 1. The predicted octanol–water partition coefficient (Wildman–Crippen LogP) is 0.978. The van der Waals surface area contributed by atoms with Crippen LogP contribution >= 0.6 is 0 Å². The highest BCUT2D eigenvalue weighted by molar-refractivity contribution is 5.97. The average molecular weight is 401 g/mol. The van der Waals surface area contributed by atoms with E-state index in [0.717, 1.165) is 5.56 Å². The highest BCUT2D eigenvalue weighted by Gasteiger charge is 2.42. The van der Waals surface area contributed by atoms with Gasteiger partial charge in [0.15, 0.2) is 5.69 Å². The molecule has 8 nitrogen and oxygen atoms in total. The molecule has 0 aliphatic carbocycles. The van der Waals surface area contributed by atoms with Crippen LogP contribution in [0.25, 0.3) is 16.8 Å². The molecule has 0 radical (unpaired) electrons. The predicted molar refractivity (Wildman–Crippen MR) is 109 cm³/mol. The van der Waals surface area contributed by atoms with Gasteiger partial charge < -0.3 is 15.7 Å². The number of hydrogen-bond acceptors (Lipinski definition) is 5. The molecule has 1 aromatic carbocycles. The van der Waals surface area contributed by atoms with E-state index in [4.69, 9.17) is 5.73 Å². The number of carbonyl (C=O) groups is 2. The quantitative estimate of drug-likeness (QED) is 0.635. The summed E-state index contributed by atoms with van der Waals surface area (Å²) in [5.74, 6) is 4.53. The molecule has 8 heteroatoms. The Morgan fingerprint density at radius 2 is 2.13 bits per heavy atom. The number of nitrogens with two attached hydrogens (primary N) is 1. The van der Waals surface area contributed by atoms with Crippen LogP contribution in [0.5, 0.6) is 0 Å². The molecule has 3 N–H and O–H groups in total. The standard InChI is InChI=1S/C22H19N5O3/c1-26-11-9-22(30,21(26)29)8-7-15-4-2-6-17(12-15)27-14-18(19(25-27)20(23)28)16-5-3-10-24-13-16/h2-6,10,12-14,30H,9,11H2,1H3,(H2,23,28)/t22-/m0/s1. The van der Waals surface area contributed by atoms with Crippen molar-refractivity contribution in [2.24, 2.45) is 5.73 Å². The molecule has 0 unspecified atom stereocenters. The lowest BCUT2D eigenvalue weighted by Crippen LogP contribution is -2.37. The normalized spacial score (nSPS) is 18.2. The van der Waals surface area contributed by atoms with Gasteiger partial charge in [-0.15, -0.1) is 0 Å². The van der Waals surface area contributed by atoms with Gasteiger partial charge in [-0.05, 0) is 24.3 Å². The van der Waals surface area contributed by atoms with Gasteiger partial charge in [-0.2, -0.15) is 5.10 Å². The largest absolute Gasteiger partial charge is 0.369 e. The maximum absolute atomic E-state index is 12.1. The first-order valence-electron chi connectivity index (χ1n) is 9.29. The van der Waals surface area contributed by atoms with Gasteiger partial charge in [0.05, 0.1) is 5.69 Å². The van der Waals surface area contributed by atoms with Crippen LogP contribution in [0.3, 0.4) is 0 Å². The minimum atomic E-state index is -1.66. The lowest BCUT2D eigenvalue weighted by molar-refractivity contribution is -0.137. The molecule has 2 aromatic heterocycles. The van der Waals surface area contributed by atoms with Gasteiger partial charge in [0.25, 0.3) is 11.8 Å². The smallest absolute Gasteiger partial charge is 0.269 e. The Labute approximate surface area is 173 Å². The molecule has 1 saturated heterocycles. The van der Waals surface area contributed by atoms with E-state index < -0.39 is 17.4 Å². The molecule has 2 amide bonds. The van der Waals surface area contributed by atoms with Crippen molar-refractivity contribution in [1.29, 1.82) is 0 Å². The Morgan fingerprint density at radius 3 is 2.80 bits per heavy atom. The van der Waals surface area contributed by atoms with Gasteiger partial charge in [0, 0.05) is 55.3 Å². The first kappa shape index (κ1) is 19.4. The molecular formula is C22H19N5O3. The molecular weight excluding hydrogens is 382 g/mol. The molecule has 3 heterocycles. The fraction of sp³-hybridized carbons (Fsp3) is 0.182. The maximum atomic E-state index is 12.1. The molecule has 1 aliphatic heterocycles. The number of amides is 2. The Morgan fingerprint density at radius 1 is 1.30 bits per heavy atom. The van der Waals surface area contributed by atoms with E-state index in [9.17, 15) is 14.7 Å². The van der Waals surface area contributed by atoms with Crippen LogP contribution in [0.4, 0.5) is 0 Å². The molecule has 1 atom stereocenters. The average Bonchev–Trinajstić information content (AvgIpc) is 3.32. The summed E-state index contributed by atoms with van der Waals surface area (Å²) in [6, 6.07) is 10.7. The minimum absolute atomic E-state index is 0.133. The number of rotatable bonds is 3. The number of nitrogens with zero attached hydrogens (tertiary/aromatic N) is 4. The Bertz CT molecular complexity index is 1190.